The molecule has 0 saturated heterocycles. The van der Waals surface area contributed by atoms with E-state index in [1.54, 1.807) is 0 Å². The van der Waals surface area contributed by atoms with Gasteiger partial charge in [-0.15, -0.1) is 0 Å². The topological polar surface area (TPSA) is 24.0 Å². The maximum absolute atomic E-state index is 6.87. The Hall–Kier alpha value is -8.34. The van der Waals surface area contributed by atoms with Crippen LogP contribution in [-0.4, -0.2) is 4.40 Å². The molecule has 0 unspecified atom stereocenters. The lowest BCUT2D eigenvalue weighted by Gasteiger charge is -2.29. The van der Waals surface area contributed by atoms with E-state index in [1.165, 1.54) is 76.9 Å². The Morgan fingerprint density at radius 2 is 0.931 bits per heavy atom. The highest BCUT2D eigenvalue weighted by Gasteiger charge is 2.27. The molecule has 0 fully saturated rings. The summed E-state index contributed by atoms with van der Waals surface area (Å²) < 4.78 is 9.40. The van der Waals surface area contributed by atoms with Gasteiger partial charge in [-0.1, -0.05) is 145 Å². The molecule has 0 aliphatic carbocycles. The van der Waals surface area contributed by atoms with Gasteiger partial charge < -0.3 is 18.6 Å². The SMILES string of the molecule is Cc1ccccc1N(c1ccc(C(C)(C)C)cc1)c1ccc2c(c1)oc1cc3cc4c5ccc(N(c6ccc(C(C)(C)C)cc6)c6ccccc6C)c6c7cc(-c8ccccc8)ccc7n(c4cc3cc12)c56. The Morgan fingerprint density at radius 1 is 0.375 bits per heavy atom. The first kappa shape index (κ1) is 43.7. The molecule has 13 rings (SSSR count). The number of rotatable bonds is 7. The van der Waals surface area contributed by atoms with Crippen LogP contribution < -0.4 is 9.80 Å². The molecule has 0 radical (unpaired) electrons. The highest BCUT2D eigenvalue weighted by molar-refractivity contribution is 6.29. The Kier molecular flexibility index (Phi) is 9.76. The molecule has 4 heteroatoms. The van der Waals surface area contributed by atoms with Gasteiger partial charge in [0.15, 0.2) is 0 Å². The van der Waals surface area contributed by atoms with Crippen molar-refractivity contribution in [3.05, 3.63) is 222 Å². The van der Waals surface area contributed by atoms with Crippen molar-refractivity contribution in [1.82, 2.24) is 4.40 Å². The molecular weight excluding hydrogens is 875 g/mol. The predicted octanol–water partition coefficient (Wildman–Crippen LogP) is 19.7. The molecular formula is C68H57N3O. The van der Waals surface area contributed by atoms with Crippen LogP contribution in [0.1, 0.15) is 63.8 Å². The van der Waals surface area contributed by atoms with E-state index in [9.17, 15) is 0 Å². The van der Waals surface area contributed by atoms with Gasteiger partial charge in [0.25, 0.3) is 0 Å². The summed E-state index contributed by atoms with van der Waals surface area (Å²) in [7, 11) is 0. The van der Waals surface area contributed by atoms with Crippen LogP contribution in [0.4, 0.5) is 34.1 Å². The summed E-state index contributed by atoms with van der Waals surface area (Å²) >= 11 is 0. The second-order valence-corrected chi connectivity index (χ2v) is 22.0. The summed E-state index contributed by atoms with van der Waals surface area (Å²) in [5.41, 5.74) is 19.7. The first-order valence-corrected chi connectivity index (χ1v) is 25.3. The number of furan rings is 1. The van der Waals surface area contributed by atoms with Gasteiger partial charge in [-0.3, -0.25) is 0 Å². The molecule has 10 aromatic carbocycles. The molecule has 72 heavy (non-hydrogen) atoms. The number of aromatic nitrogens is 1. The third-order valence-corrected chi connectivity index (χ3v) is 15.2. The van der Waals surface area contributed by atoms with Gasteiger partial charge in [-0.2, -0.15) is 0 Å². The Morgan fingerprint density at radius 3 is 1.58 bits per heavy atom. The summed E-state index contributed by atoms with van der Waals surface area (Å²) in [6.45, 7) is 18.0. The molecule has 350 valence electrons. The molecule has 0 saturated carbocycles. The van der Waals surface area contributed by atoms with E-state index in [1.807, 2.05) is 0 Å². The van der Waals surface area contributed by atoms with E-state index in [4.69, 9.17) is 4.42 Å². The van der Waals surface area contributed by atoms with Crippen molar-refractivity contribution >= 4 is 105 Å². The standard InChI is InChI=1S/C68H57N3O/c1-42-16-12-14-20-58(42)69(50-27-23-48(24-28-50)67(3,4)5)52-31-32-53-56-38-46-39-62-55(37-47(46)40-63(56)72-64(53)41-52)54-33-35-61(65-57-36-45(44-18-10-9-11-19-44)22-34-60(57)71(62)66(54)65)70(59-21-15-13-17-43(59)2)51-29-25-49(26-30-51)68(6,7)8/h9-41H,1-8H3. The summed E-state index contributed by atoms with van der Waals surface area (Å²) in [5, 5.41) is 9.48. The van der Waals surface area contributed by atoms with Crippen molar-refractivity contribution in [3.8, 4) is 11.1 Å². The van der Waals surface area contributed by atoms with Crippen LogP contribution >= 0.6 is 0 Å². The van der Waals surface area contributed by atoms with Crippen molar-refractivity contribution in [2.75, 3.05) is 9.80 Å². The van der Waals surface area contributed by atoms with Crippen molar-refractivity contribution < 1.29 is 4.42 Å². The zero-order valence-corrected chi connectivity index (χ0v) is 42.3. The zero-order valence-electron chi connectivity index (χ0n) is 42.3. The van der Waals surface area contributed by atoms with Gasteiger partial charge in [-0.05, 0) is 160 Å². The fraction of sp³-hybridized carbons (Fsp3) is 0.147. The highest BCUT2D eigenvalue weighted by Crippen LogP contribution is 2.50. The zero-order chi connectivity index (χ0) is 49.2. The smallest absolute Gasteiger partial charge is 0.137 e. The highest BCUT2D eigenvalue weighted by atomic mass is 16.3. The Balaban J connectivity index is 1.02. The lowest BCUT2D eigenvalue weighted by molar-refractivity contribution is 0.590. The minimum absolute atomic E-state index is 0.0406. The molecule has 0 spiro atoms. The van der Waals surface area contributed by atoms with Crippen LogP contribution in [0.25, 0.3) is 81.9 Å². The second-order valence-electron chi connectivity index (χ2n) is 22.0. The molecule has 0 N–H and O–H groups in total. The van der Waals surface area contributed by atoms with Crippen LogP contribution in [0, 0.1) is 13.8 Å². The number of aryl methyl sites for hydroxylation is 2. The fourth-order valence-corrected chi connectivity index (χ4v) is 11.4. The third kappa shape index (κ3) is 6.95. The largest absolute Gasteiger partial charge is 0.456 e. The summed E-state index contributed by atoms with van der Waals surface area (Å²) in [6.07, 6.45) is 0. The van der Waals surface area contributed by atoms with E-state index in [-0.39, 0.29) is 10.8 Å². The summed E-state index contributed by atoms with van der Waals surface area (Å²) in [5.74, 6) is 0. The number of para-hydroxylation sites is 2. The van der Waals surface area contributed by atoms with Crippen molar-refractivity contribution in [2.45, 2.75) is 66.2 Å². The molecule has 0 bridgehead atoms. The van der Waals surface area contributed by atoms with Gasteiger partial charge in [0.2, 0.25) is 0 Å². The quantitative estimate of drug-likeness (QED) is 0.159. The van der Waals surface area contributed by atoms with Crippen LogP contribution in [0.15, 0.2) is 205 Å². The van der Waals surface area contributed by atoms with Gasteiger partial charge >= 0.3 is 0 Å². The number of fused-ring (bicyclic) bond motifs is 10. The Bertz CT molecular complexity index is 4240. The molecule has 4 nitrogen and oxygen atoms in total. The monoisotopic (exact) mass is 931 g/mol. The van der Waals surface area contributed by atoms with Crippen LogP contribution in [0.5, 0.6) is 0 Å². The van der Waals surface area contributed by atoms with E-state index in [0.29, 0.717) is 0 Å². The average molecular weight is 932 g/mol. The molecule has 3 aromatic heterocycles. The lowest BCUT2D eigenvalue weighted by atomic mass is 9.87. The third-order valence-electron chi connectivity index (χ3n) is 15.2. The first-order valence-electron chi connectivity index (χ1n) is 25.3. The van der Waals surface area contributed by atoms with Crippen molar-refractivity contribution in [2.24, 2.45) is 0 Å². The Labute approximate surface area is 421 Å². The average Bonchev–Trinajstić information content (AvgIpc) is 4.02. The maximum atomic E-state index is 6.87. The fourth-order valence-electron chi connectivity index (χ4n) is 11.4. The number of anilines is 6. The first-order chi connectivity index (χ1) is 34.8. The molecule has 0 aliphatic rings. The number of hydrogen-bond acceptors (Lipinski definition) is 3. The van der Waals surface area contributed by atoms with Gasteiger partial charge in [0, 0.05) is 66.8 Å². The molecule has 0 aliphatic heterocycles. The van der Waals surface area contributed by atoms with Gasteiger partial charge in [-0.25, -0.2) is 0 Å². The normalized spacial score (nSPS) is 12.4. The van der Waals surface area contributed by atoms with Crippen molar-refractivity contribution in [3.63, 3.8) is 0 Å². The molecule has 0 amide bonds. The van der Waals surface area contributed by atoms with Crippen LogP contribution in [-0.2, 0) is 10.8 Å². The van der Waals surface area contributed by atoms with Crippen LogP contribution in [0.3, 0.4) is 0 Å². The van der Waals surface area contributed by atoms with E-state index in [2.05, 4.69) is 270 Å². The van der Waals surface area contributed by atoms with Gasteiger partial charge in [0.05, 0.1) is 22.2 Å². The molecule has 0 atom stereocenters. The predicted molar refractivity (Wildman–Crippen MR) is 308 cm³/mol. The van der Waals surface area contributed by atoms with Crippen molar-refractivity contribution in [1.29, 1.82) is 0 Å². The number of hydrogen-bond donors (Lipinski definition) is 0. The summed E-state index contributed by atoms with van der Waals surface area (Å²) in [6, 6.07) is 74.2. The minimum atomic E-state index is 0.0406. The lowest BCUT2D eigenvalue weighted by Crippen LogP contribution is -2.14. The number of nitrogens with zero attached hydrogens (tertiary/aromatic N) is 3. The molecule has 13 aromatic rings. The van der Waals surface area contributed by atoms with E-state index in [0.717, 1.165) is 61.4 Å². The molecule has 3 heterocycles. The van der Waals surface area contributed by atoms with Crippen LogP contribution in [0.2, 0.25) is 0 Å². The second kappa shape index (κ2) is 16.1. The van der Waals surface area contributed by atoms with E-state index < -0.39 is 0 Å². The maximum Gasteiger partial charge on any atom is 0.137 e. The summed E-state index contributed by atoms with van der Waals surface area (Å²) in [4.78, 5) is 4.83. The van der Waals surface area contributed by atoms with Gasteiger partial charge in [0.1, 0.15) is 11.2 Å². The van der Waals surface area contributed by atoms with E-state index >= 15 is 0 Å². The number of benzene rings is 10. The minimum Gasteiger partial charge on any atom is -0.456 e.